The lowest BCUT2D eigenvalue weighted by Gasteiger charge is -2.13. The summed E-state index contributed by atoms with van der Waals surface area (Å²) in [4.78, 5) is 0.106. The third-order valence-corrected chi connectivity index (χ3v) is 5.74. The molecule has 128 valence electrons. The van der Waals surface area contributed by atoms with Crippen molar-refractivity contribution in [3.8, 4) is 17.3 Å². The highest BCUT2D eigenvalue weighted by atomic mass is 32.2. The second kappa shape index (κ2) is 7.54. The Kier molecular flexibility index (Phi) is 5.20. The molecule has 0 amide bonds. The van der Waals surface area contributed by atoms with Gasteiger partial charge in [0.15, 0.2) is 6.19 Å². The van der Waals surface area contributed by atoms with Crippen molar-refractivity contribution in [3.63, 3.8) is 0 Å². The van der Waals surface area contributed by atoms with Crippen molar-refractivity contribution in [2.45, 2.75) is 37.0 Å². The van der Waals surface area contributed by atoms with Gasteiger partial charge in [0.25, 0.3) is 10.0 Å². The standard InChI is InChI=1S/C20H20N2O2S/c21-15-22-25(23,24)20-9-5-4-8-19(20)18-12-10-17(11-13-18)14-16-6-2-1-3-7-16/h4-5,8-14,22H,1-3,6-7H2. The Hall–Kier alpha value is -2.58. The first-order valence-electron chi connectivity index (χ1n) is 8.40. The molecule has 1 saturated carbocycles. The van der Waals surface area contributed by atoms with Crippen LogP contribution in [0.3, 0.4) is 0 Å². The molecule has 0 saturated heterocycles. The van der Waals surface area contributed by atoms with Crippen molar-refractivity contribution < 1.29 is 8.42 Å². The summed E-state index contributed by atoms with van der Waals surface area (Å²) in [5.74, 6) is 0. The fourth-order valence-corrected chi connectivity index (χ4v) is 4.16. The number of nitrogens with zero attached hydrogens (tertiary/aromatic N) is 1. The van der Waals surface area contributed by atoms with Crippen molar-refractivity contribution in [3.05, 3.63) is 59.7 Å². The van der Waals surface area contributed by atoms with E-state index in [0.29, 0.717) is 5.56 Å². The molecule has 2 aromatic rings. The van der Waals surface area contributed by atoms with Crippen LogP contribution in [-0.4, -0.2) is 8.42 Å². The number of benzene rings is 2. The largest absolute Gasteiger partial charge is 0.270 e. The SMILES string of the molecule is N#CNS(=O)(=O)c1ccccc1-c1ccc(C=C2CCCCC2)cc1. The summed E-state index contributed by atoms with van der Waals surface area (Å²) in [5, 5.41) is 8.67. The number of sulfonamides is 1. The summed E-state index contributed by atoms with van der Waals surface area (Å²) >= 11 is 0. The Labute approximate surface area is 148 Å². The minimum absolute atomic E-state index is 0.106. The van der Waals surface area contributed by atoms with Gasteiger partial charge in [0, 0.05) is 5.56 Å². The highest BCUT2D eigenvalue weighted by Crippen LogP contribution is 2.29. The van der Waals surface area contributed by atoms with E-state index in [1.807, 2.05) is 29.0 Å². The summed E-state index contributed by atoms with van der Waals surface area (Å²) in [6.07, 6.45) is 9.92. The Balaban J connectivity index is 1.92. The molecule has 0 aromatic heterocycles. The second-order valence-corrected chi connectivity index (χ2v) is 7.85. The first-order chi connectivity index (χ1) is 12.1. The molecule has 1 fully saturated rings. The first-order valence-corrected chi connectivity index (χ1v) is 9.88. The Morgan fingerprint density at radius 2 is 1.64 bits per heavy atom. The lowest BCUT2D eigenvalue weighted by Crippen LogP contribution is -2.18. The molecule has 2 aromatic carbocycles. The molecule has 0 radical (unpaired) electrons. The van der Waals surface area contributed by atoms with Crippen LogP contribution in [0.15, 0.2) is 59.0 Å². The molecule has 1 aliphatic rings. The van der Waals surface area contributed by atoms with E-state index in [1.165, 1.54) is 49.9 Å². The quantitative estimate of drug-likeness (QED) is 0.652. The monoisotopic (exact) mass is 352 g/mol. The van der Waals surface area contributed by atoms with E-state index in [9.17, 15) is 8.42 Å². The van der Waals surface area contributed by atoms with Gasteiger partial charge in [-0.25, -0.2) is 13.1 Å². The van der Waals surface area contributed by atoms with Crippen molar-refractivity contribution in [1.82, 2.24) is 4.72 Å². The molecular formula is C20H20N2O2S. The Morgan fingerprint density at radius 3 is 2.32 bits per heavy atom. The average Bonchev–Trinajstić information content (AvgIpc) is 2.63. The van der Waals surface area contributed by atoms with E-state index in [0.717, 1.165) is 11.1 Å². The molecule has 1 N–H and O–H groups in total. The van der Waals surface area contributed by atoms with Gasteiger partial charge >= 0.3 is 0 Å². The van der Waals surface area contributed by atoms with Crippen LogP contribution in [0.5, 0.6) is 0 Å². The van der Waals surface area contributed by atoms with Gasteiger partial charge in [-0.15, -0.1) is 0 Å². The molecule has 0 unspecified atom stereocenters. The smallest absolute Gasteiger partial charge is 0.215 e. The number of nitrogens with one attached hydrogen (secondary N) is 1. The number of allylic oxidation sites excluding steroid dienone is 1. The minimum Gasteiger partial charge on any atom is -0.215 e. The predicted octanol–water partition coefficient (Wildman–Crippen LogP) is 4.46. The maximum atomic E-state index is 12.2. The summed E-state index contributed by atoms with van der Waals surface area (Å²) < 4.78 is 26.3. The zero-order valence-electron chi connectivity index (χ0n) is 13.9. The Bertz CT molecular complexity index is 915. The highest BCUT2D eigenvalue weighted by Gasteiger charge is 2.18. The summed E-state index contributed by atoms with van der Waals surface area (Å²) in [6, 6.07) is 14.6. The van der Waals surface area contributed by atoms with Gasteiger partial charge in [-0.3, -0.25) is 0 Å². The molecule has 1 aliphatic carbocycles. The molecule has 0 aliphatic heterocycles. The number of nitriles is 1. The molecule has 4 nitrogen and oxygen atoms in total. The van der Waals surface area contributed by atoms with E-state index in [1.54, 1.807) is 18.2 Å². The number of rotatable bonds is 4. The fraction of sp³-hybridized carbons (Fsp3) is 0.250. The average molecular weight is 352 g/mol. The third kappa shape index (κ3) is 4.09. The highest BCUT2D eigenvalue weighted by molar-refractivity contribution is 7.89. The van der Waals surface area contributed by atoms with E-state index in [2.05, 4.69) is 6.08 Å². The summed E-state index contributed by atoms with van der Waals surface area (Å²) in [5.41, 5.74) is 4.02. The molecular weight excluding hydrogens is 332 g/mol. The molecule has 0 bridgehead atoms. The lowest BCUT2D eigenvalue weighted by atomic mass is 9.93. The zero-order chi connectivity index (χ0) is 17.7. The molecule has 0 atom stereocenters. The van der Waals surface area contributed by atoms with E-state index < -0.39 is 10.0 Å². The third-order valence-electron chi connectivity index (χ3n) is 4.44. The topological polar surface area (TPSA) is 70.0 Å². The van der Waals surface area contributed by atoms with Crippen LogP contribution in [0.25, 0.3) is 17.2 Å². The van der Waals surface area contributed by atoms with Crippen LogP contribution in [0.1, 0.15) is 37.7 Å². The van der Waals surface area contributed by atoms with E-state index >= 15 is 0 Å². The minimum atomic E-state index is -3.85. The van der Waals surface area contributed by atoms with E-state index in [-0.39, 0.29) is 4.90 Å². The zero-order valence-corrected chi connectivity index (χ0v) is 14.7. The van der Waals surface area contributed by atoms with Gasteiger partial charge in [0.2, 0.25) is 0 Å². The van der Waals surface area contributed by atoms with Crippen molar-refractivity contribution in [2.24, 2.45) is 0 Å². The van der Waals surface area contributed by atoms with Gasteiger partial charge in [0.1, 0.15) is 0 Å². The van der Waals surface area contributed by atoms with Crippen LogP contribution in [0.4, 0.5) is 0 Å². The van der Waals surface area contributed by atoms with Crippen molar-refractivity contribution >= 4 is 16.1 Å². The first kappa shape index (κ1) is 17.2. The lowest BCUT2D eigenvalue weighted by molar-refractivity contribution is 0.591. The molecule has 5 heteroatoms. The van der Waals surface area contributed by atoms with Crippen LogP contribution in [0, 0.1) is 11.5 Å². The van der Waals surface area contributed by atoms with Gasteiger partial charge < -0.3 is 0 Å². The van der Waals surface area contributed by atoms with Gasteiger partial charge in [-0.1, -0.05) is 60.5 Å². The van der Waals surface area contributed by atoms with Crippen LogP contribution < -0.4 is 4.72 Å². The fourth-order valence-electron chi connectivity index (χ4n) is 3.20. The molecule has 0 spiro atoms. The summed E-state index contributed by atoms with van der Waals surface area (Å²) in [7, 11) is -3.85. The van der Waals surface area contributed by atoms with Gasteiger partial charge in [-0.05, 0) is 42.9 Å². The van der Waals surface area contributed by atoms with Crippen LogP contribution in [-0.2, 0) is 10.0 Å². The maximum absolute atomic E-state index is 12.2. The predicted molar refractivity (Wildman–Crippen MR) is 98.9 cm³/mol. The Morgan fingerprint density at radius 1 is 0.960 bits per heavy atom. The molecule has 25 heavy (non-hydrogen) atoms. The van der Waals surface area contributed by atoms with Crippen LogP contribution >= 0.6 is 0 Å². The van der Waals surface area contributed by atoms with E-state index in [4.69, 9.17) is 5.26 Å². The number of hydrogen-bond donors (Lipinski definition) is 1. The van der Waals surface area contributed by atoms with Gasteiger partial charge in [0.05, 0.1) is 4.90 Å². The van der Waals surface area contributed by atoms with Crippen molar-refractivity contribution in [2.75, 3.05) is 0 Å². The molecule has 3 rings (SSSR count). The van der Waals surface area contributed by atoms with Crippen LogP contribution in [0.2, 0.25) is 0 Å². The maximum Gasteiger partial charge on any atom is 0.270 e. The van der Waals surface area contributed by atoms with Crippen molar-refractivity contribution in [1.29, 1.82) is 5.26 Å². The second-order valence-electron chi connectivity index (χ2n) is 6.20. The number of hydrogen-bond acceptors (Lipinski definition) is 3. The summed E-state index contributed by atoms with van der Waals surface area (Å²) in [6.45, 7) is 0. The van der Waals surface area contributed by atoms with Gasteiger partial charge in [-0.2, -0.15) is 5.26 Å². The molecule has 0 heterocycles. The normalized spacial score (nSPS) is 14.6.